The highest BCUT2D eigenvalue weighted by molar-refractivity contribution is 7.92. The van der Waals surface area contributed by atoms with Crippen molar-refractivity contribution in [1.82, 2.24) is 20.0 Å². The van der Waals surface area contributed by atoms with E-state index >= 15 is 0 Å². The number of halogens is 1. The molecule has 10 heteroatoms. The monoisotopic (exact) mass is 443 g/mol. The van der Waals surface area contributed by atoms with Gasteiger partial charge in [-0.3, -0.25) is 4.72 Å². The van der Waals surface area contributed by atoms with Gasteiger partial charge in [-0.2, -0.15) is 0 Å². The highest BCUT2D eigenvalue weighted by Crippen LogP contribution is 2.28. The third-order valence-corrected chi connectivity index (χ3v) is 5.78. The van der Waals surface area contributed by atoms with Crippen molar-refractivity contribution >= 4 is 38.5 Å². The number of fused-ring (bicyclic) bond motifs is 1. The van der Waals surface area contributed by atoms with E-state index in [1.54, 1.807) is 48.7 Å². The predicted octanol–water partition coefficient (Wildman–Crippen LogP) is 4.06. The number of nitrogens with one attached hydrogen (secondary N) is 1. The molecule has 0 spiro atoms. The van der Waals surface area contributed by atoms with Gasteiger partial charge in [-0.05, 0) is 68.4 Å². The van der Waals surface area contributed by atoms with Gasteiger partial charge >= 0.3 is 0 Å². The van der Waals surface area contributed by atoms with Gasteiger partial charge in [-0.1, -0.05) is 16.8 Å². The molecule has 2 aromatic heterocycles. The van der Waals surface area contributed by atoms with Crippen molar-refractivity contribution in [3.8, 4) is 11.4 Å². The van der Waals surface area contributed by atoms with Crippen LogP contribution in [0.4, 0.5) is 5.69 Å². The van der Waals surface area contributed by atoms with E-state index in [4.69, 9.17) is 16.3 Å². The number of pyridine rings is 1. The van der Waals surface area contributed by atoms with Crippen LogP contribution in [0.15, 0.2) is 65.7 Å². The number of hydrogen-bond donors (Lipinski definition) is 1. The van der Waals surface area contributed by atoms with Crippen molar-refractivity contribution in [2.24, 2.45) is 0 Å². The van der Waals surface area contributed by atoms with E-state index in [-0.39, 0.29) is 11.0 Å². The fourth-order valence-electron chi connectivity index (χ4n) is 2.88. The summed E-state index contributed by atoms with van der Waals surface area (Å²) in [7, 11) is -3.86. The molecule has 4 aromatic rings. The highest BCUT2D eigenvalue weighted by atomic mass is 35.5. The maximum absolute atomic E-state index is 13.0. The third-order valence-electron chi connectivity index (χ3n) is 4.16. The van der Waals surface area contributed by atoms with Crippen molar-refractivity contribution in [1.29, 1.82) is 0 Å². The van der Waals surface area contributed by atoms with Crippen molar-refractivity contribution in [3.63, 3.8) is 0 Å². The lowest BCUT2D eigenvalue weighted by Gasteiger charge is -2.14. The molecule has 30 heavy (non-hydrogen) atoms. The lowest BCUT2D eigenvalue weighted by molar-refractivity contribution is 0.242. The smallest absolute Gasteiger partial charge is 0.261 e. The molecule has 1 N–H and O–H groups in total. The molecule has 8 nitrogen and oxygen atoms in total. The van der Waals surface area contributed by atoms with Gasteiger partial charge in [0.1, 0.15) is 11.3 Å². The fraction of sp³-hybridized carbons (Fsp3) is 0.150. The van der Waals surface area contributed by atoms with E-state index in [2.05, 4.69) is 20.0 Å². The quantitative estimate of drug-likeness (QED) is 0.482. The first-order valence-corrected chi connectivity index (χ1v) is 11.0. The van der Waals surface area contributed by atoms with Crippen LogP contribution < -0.4 is 9.46 Å². The van der Waals surface area contributed by atoms with Crippen molar-refractivity contribution in [2.45, 2.75) is 24.8 Å². The number of aromatic nitrogens is 4. The van der Waals surface area contributed by atoms with Crippen LogP contribution in [0.25, 0.3) is 16.9 Å². The second-order valence-corrected chi connectivity index (χ2v) is 8.87. The first-order valence-electron chi connectivity index (χ1n) is 9.09. The summed E-state index contributed by atoms with van der Waals surface area (Å²) in [6.07, 6.45) is 1.60. The summed E-state index contributed by atoms with van der Waals surface area (Å²) in [5.41, 5.74) is 1.79. The van der Waals surface area contributed by atoms with E-state index in [0.29, 0.717) is 33.3 Å². The summed E-state index contributed by atoms with van der Waals surface area (Å²) in [4.78, 5) is 4.25. The van der Waals surface area contributed by atoms with Crippen LogP contribution in [0, 0.1) is 0 Å². The Labute approximate surface area is 178 Å². The zero-order valence-electron chi connectivity index (χ0n) is 16.2. The lowest BCUT2D eigenvalue weighted by atomic mass is 10.2. The number of rotatable bonds is 6. The summed E-state index contributed by atoms with van der Waals surface area (Å²) in [6, 6.07) is 14.5. The maximum Gasteiger partial charge on any atom is 0.261 e. The van der Waals surface area contributed by atoms with Crippen LogP contribution in [0.1, 0.15) is 13.8 Å². The molecular weight excluding hydrogens is 426 g/mol. The van der Waals surface area contributed by atoms with Crippen LogP contribution in [-0.4, -0.2) is 34.5 Å². The van der Waals surface area contributed by atoms with E-state index < -0.39 is 10.0 Å². The Bertz CT molecular complexity index is 1300. The molecule has 0 unspecified atom stereocenters. The van der Waals surface area contributed by atoms with E-state index in [9.17, 15) is 8.42 Å². The zero-order chi connectivity index (χ0) is 21.3. The van der Waals surface area contributed by atoms with E-state index in [1.807, 2.05) is 13.8 Å². The molecule has 4 rings (SSSR count). The second-order valence-electron chi connectivity index (χ2n) is 6.75. The van der Waals surface area contributed by atoms with Gasteiger partial charge < -0.3 is 4.74 Å². The molecule has 0 aliphatic rings. The Morgan fingerprint density at radius 3 is 2.60 bits per heavy atom. The van der Waals surface area contributed by atoms with E-state index in [1.165, 1.54) is 16.8 Å². The topological polar surface area (TPSA) is 99.0 Å². The standard InChI is InChI=1S/C20H18ClN5O3S/c1-13(2)29-15-6-8-16(9-7-15)30(27,28)24-17-10-5-14(21)12-19(17)26-18-4-3-11-22-20(18)23-25-26/h3-13,24H,1-2H3. The Hall–Kier alpha value is -3.17. The van der Waals surface area contributed by atoms with Gasteiger partial charge in [0, 0.05) is 11.2 Å². The minimum absolute atomic E-state index is 0.00537. The summed E-state index contributed by atoms with van der Waals surface area (Å²) in [5, 5.41) is 8.55. The van der Waals surface area contributed by atoms with Gasteiger partial charge in [0.15, 0.2) is 0 Å². The largest absolute Gasteiger partial charge is 0.491 e. The Kier molecular flexibility index (Phi) is 5.31. The maximum atomic E-state index is 13.0. The molecule has 0 radical (unpaired) electrons. The van der Waals surface area contributed by atoms with Gasteiger partial charge in [0.05, 0.1) is 22.4 Å². The minimum Gasteiger partial charge on any atom is -0.491 e. The first kappa shape index (κ1) is 20.1. The van der Waals surface area contributed by atoms with Gasteiger partial charge in [0.25, 0.3) is 10.0 Å². The first-order chi connectivity index (χ1) is 14.3. The number of nitrogens with zero attached hydrogens (tertiary/aromatic N) is 4. The molecule has 2 heterocycles. The predicted molar refractivity (Wildman–Crippen MR) is 115 cm³/mol. The van der Waals surface area contributed by atoms with Crippen LogP contribution >= 0.6 is 11.6 Å². The van der Waals surface area contributed by atoms with Gasteiger partial charge in [-0.15, -0.1) is 5.10 Å². The number of ether oxygens (including phenoxy) is 1. The van der Waals surface area contributed by atoms with E-state index in [0.717, 1.165) is 0 Å². The minimum atomic E-state index is -3.86. The number of benzene rings is 2. The Morgan fingerprint density at radius 1 is 1.10 bits per heavy atom. The van der Waals surface area contributed by atoms with Crippen LogP contribution in [0.3, 0.4) is 0 Å². The van der Waals surface area contributed by atoms with Crippen molar-refractivity contribution in [2.75, 3.05) is 4.72 Å². The summed E-state index contributed by atoms with van der Waals surface area (Å²) >= 11 is 6.16. The molecule has 0 bridgehead atoms. The van der Waals surface area contributed by atoms with Crippen LogP contribution in [-0.2, 0) is 10.0 Å². The molecule has 0 aliphatic heterocycles. The highest BCUT2D eigenvalue weighted by Gasteiger charge is 2.19. The average molecular weight is 444 g/mol. The van der Waals surface area contributed by atoms with Crippen molar-refractivity contribution < 1.29 is 13.2 Å². The molecule has 0 atom stereocenters. The number of hydrogen-bond acceptors (Lipinski definition) is 6. The molecular formula is C20H18ClN5O3S. The molecule has 0 saturated heterocycles. The second kappa shape index (κ2) is 7.92. The van der Waals surface area contributed by atoms with Crippen molar-refractivity contribution in [3.05, 3.63) is 65.8 Å². The Morgan fingerprint density at radius 2 is 1.87 bits per heavy atom. The molecule has 154 valence electrons. The summed E-state index contributed by atoms with van der Waals surface area (Å²) in [5.74, 6) is 0.595. The molecule has 2 aromatic carbocycles. The zero-order valence-corrected chi connectivity index (χ0v) is 17.7. The summed E-state index contributed by atoms with van der Waals surface area (Å²) < 4.78 is 35.6. The van der Waals surface area contributed by atoms with Gasteiger partial charge in [-0.25, -0.2) is 18.1 Å². The fourth-order valence-corrected chi connectivity index (χ4v) is 4.12. The van der Waals surface area contributed by atoms with Crippen LogP contribution in [0.5, 0.6) is 5.75 Å². The van der Waals surface area contributed by atoms with Crippen LogP contribution in [0.2, 0.25) is 5.02 Å². The van der Waals surface area contributed by atoms with Gasteiger partial charge in [0.2, 0.25) is 5.65 Å². The number of anilines is 1. The average Bonchev–Trinajstić information content (AvgIpc) is 3.13. The molecule has 0 saturated carbocycles. The molecule has 0 amide bonds. The summed E-state index contributed by atoms with van der Waals surface area (Å²) in [6.45, 7) is 3.80. The Balaban J connectivity index is 1.71. The number of sulfonamides is 1. The normalized spacial score (nSPS) is 11.7. The lowest BCUT2D eigenvalue weighted by Crippen LogP contribution is -2.15. The molecule has 0 aliphatic carbocycles. The third kappa shape index (κ3) is 4.07. The SMILES string of the molecule is CC(C)Oc1ccc(S(=O)(=O)Nc2ccc(Cl)cc2-n2nnc3ncccc32)cc1. The molecule has 0 fully saturated rings.